The topological polar surface area (TPSA) is 35.5 Å². The fourth-order valence-corrected chi connectivity index (χ4v) is 3.69. The Hall–Kier alpha value is -1.06. The predicted octanol–water partition coefficient (Wildman–Crippen LogP) is 3.13. The average Bonchev–Trinajstić information content (AvgIpc) is 3.34. The van der Waals surface area contributed by atoms with Crippen LogP contribution in [0.4, 0.5) is 0 Å². The number of rotatable bonds is 5. The smallest absolute Gasteiger partial charge is 0.115 e. The van der Waals surface area contributed by atoms with Crippen LogP contribution in [0.3, 0.4) is 0 Å². The molecule has 1 aliphatic carbocycles. The lowest BCUT2D eigenvalue weighted by Gasteiger charge is -2.48. The number of piperazine rings is 1. The maximum atomic E-state index is 9.45. The van der Waals surface area contributed by atoms with Crippen LogP contribution in [-0.4, -0.2) is 34.7 Å². The highest BCUT2D eigenvalue weighted by Crippen LogP contribution is 2.38. The molecule has 116 valence electrons. The van der Waals surface area contributed by atoms with Gasteiger partial charge in [0.15, 0.2) is 0 Å². The number of benzene rings is 1. The van der Waals surface area contributed by atoms with Crippen LogP contribution in [0.1, 0.15) is 45.1 Å². The van der Waals surface area contributed by atoms with Gasteiger partial charge in [-0.3, -0.25) is 4.90 Å². The van der Waals surface area contributed by atoms with Gasteiger partial charge in [-0.05, 0) is 49.3 Å². The van der Waals surface area contributed by atoms with Crippen LogP contribution in [0.5, 0.6) is 5.75 Å². The summed E-state index contributed by atoms with van der Waals surface area (Å²) in [7, 11) is 0. The molecule has 21 heavy (non-hydrogen) atoms. The molecule has 3 rings (SSSR count). The molecule has 0 aromatic heterocycles. The van der Waals surface area contributed by atoms with Gasteiger partial charge in [0.1, 0.15) is 5.75 Å². The van der Waals surface area contributed by atoms with E-state index in [0.717, 1.165) is 25.6 Å². The molecule has 1 saturated carbocycles. The Morgan fingerprint density at radius 2 is 1.86 bits per heavy atom. The number of hydrogen-bond donors (Lipinski definition) is 2. The lowest BCUT2D eigenvalue weighted by Crippen LogP contribution is -2.64. The van der Waals surface area contributed by atoms with E-state index in [4.69, 9.17) is 0 Å². The molecule has 1 aromatic carbocycles. The molecule has 1 aliphatic heterocycles. The third-order valence-corrected chi connectivity index (χ3v) is 5.50. The van der Waals surface area contributed by atoms with Crippen LogP contribution in [0.2, 0.25) is 0 Å². The van der Waals surface area contributed by atoms with Crippen LogP contribution >= 0.6 is 0 Å². The number of hydrogen-bond acceptors (Lipinski definition) is 3. The molecule has 3 nitrogen and oxygen atoms in total. The average molecular weight is 288 g/mol. The highest BCUT2D eigenvalue weighted by molar-refractivity contribution is 5.26. The summed E-state index contributed by atoms with van der Waals surface area (Å²) >= 11 is 0. The third-order valence-electron chi connectivity index (χ3n) is 5.50. The molecule has 2 fully saturated rings. The van der Waals surface area contributed by atoms with Gasteiger partial charge >= 0.3 is 0 Å². The SMILES string of the molecule is CCC1(CC)CN(Cc2ccc(O)cc2)C(C2CC2)CN1. The van der Waals surface area contributed by atoms with E-state index in [9.17, 15) is 5.11 Å². The molecule has 2 N–H and O–H groups in total. The first kappa shape index (κ1) is 14.9. The Morgan fingerprint density at radius 1 is 1.19 bits per heavy atom. The van der Waals surface area contributed by atoms with E-state index in [-0.39, 0.29) is 5.54 Å². The fraction of sp³-hybridized carbons (Fsp3) is 0.667. The fourth-order valence-electron chi connectivity index (χ4n) is 3.69. The van der Waals surface area contributed by atoms with E-state index in [0.29, 0.717) is 11.8 Å². The highest BCUT2D eigenvalue weighted by Gasteiger charge is 2.42. The molecular formula is C18H28N2O. The van der Waals surface area contributed by atoms with Gasteiger partial charge in [0.25, 0.3) is 0 Å². The minimum atomic E-state index is 0.280. The van der Waals surface area contributed by atoms with Crippen LogP contribution < -0.4 is 5.32 Å². The van der Waals surface area contributed by atoms with Crippen molar-refractivity contribution >= 4 is 0 Å². The summed E-state index contributed by atoms with van der Waals surface area (Å²) in [5.74, 6) is 1.25. The van der Waals surface area contributed by atoms with Crippen LogP contribution in [0.15, 0.2) is 24.3 Å². The van der Waals surface area contributed by atoms with Crippen LogP contribution in [0.25, 0.3) is 0 Å². The lowest BCUT2D eigenvalue weighted by molar-refractivity contribution is 0.0557. The van der Waals surface area contributed by atoms with Crippen LogP contribution in [-0.2, 0) is 6.54 Å². The van der Waals surface area contributed by atoms with Gasteiger partial charge in [-0.1, -0.05) is 26.0 Å². The maximum Gasteiger partial charge on any atom is 0.115 e. The molecule has 0 amide bonds. The Kier molecular flexibility index (Phi) is 4.23. The zero-order valence-electron chi connectivity index (χ0n) is 13.3. The number of nitrogens with zero attached hydrogens (tertiary/aromatic N) is 1. The second kappa shape index (κ2) is 5.98. The monoisotopic (exact) mass is 288 g/mol. The molecule has 1 heterocycles. The van der Waals surface area contributed by atoms with Gasteiger partial charge in [0.05, 0.1) is 0 Å². The molecule has 0 bridgehead atoms. The predicted molar refractivity (Wildman–Crippen MR) is 86.3 cm³/mol. The Morgan fingerprint density at radius 3 is 2.43 bits per heavy atom. The van der Waals surface area contributed by atoms with E-state index in [1.165, 1.54) is 31.2 Å². The first-order valence-electron chi connectivity index (χ1n) is 8.43. The van der Waals surface area contributed by atoms with Crippen molar-refractivity contribution in [3.63, 3.8) is 0 Å². The summed E-state index contributed by atoms with van der Waals surface area (Å²) in [4.78, 5) is 2.69. The Labute approximate surface area is 128 Å². The van der Waals surface area contributed by atoms with E-state index < -0.39 is 0 Å². The molecule has 1 unspecified atom stereocenters. The molecule has 1 aromatic rings. The number of phenols is 1. The van der Waals surface area contributed by atoms with Gasteiger partial charge in [0, 0.05) is 31.2 Å². The zero-order valence-corrected chi connectivity index (χ0v) is 13.3. The van der Waals surface area contributed by atoms with Crippen LogP contribution in [0, 0.1) is 5.92 Å². The van der Waals surface area contributed by atoms with Crippen molar-refractivity contribution in [1.82, 2.24) is 10.2 Å². The first-order chi connectivity index (χ1) is 10.2. The van der Waals surface area contributed by atoms with Crippen molar-refractivity contribution in [1.29, 1.82) is 0 Å². The standard InChI is InChI=1S/C18H28N2O/c1-3-18(4-2)13-20(17(11-19-18)15-7-8-15)12-14-5-9-16(21)10-6-14/h5-6,9-10,15,17,19,21H,3-4,7-8,11-13H2,1-2H3. The molecule has 0 radical (unpaired) electrons. The van der Waals surface area contributed by atoms with Gasteiger partial charge in [-0.2, -0.15) is 0 Å². The van der Waals surface area contributed by atoms with Crippen molar-refractivity contribution in [2.24, 2.45) is 5.92 Å². The molecule has 3 heteroatoms. The molecular weight excluding hydrogens is 260 g/mol. The van der Waals surface area contributed by atoms with Crippen molar-refractivity contribution in [2.45, 2.75) is 57.7 Å². The summed E-state index contributed by atoms with van der Waals surface area (Å²) in [6.45, 7) is 7.87. The number of aromatic hydroxyl groups is 1. The van der Waals surface area contributed by atoms with Crippen molar-refractivity contribution in [2.75, 3.05) is 13.1 Å². The van der Waals surface area contributed by atoms with E-state index >= 15 is 0 Å². The normalized spacial score (nSPS) is 25.9. The highest BCUT2D eigenvalue weighted by atomic mass is 16.3. The first-order valence-corrected chi connectivity index (χ1v) is 8.43. The summed E-state index contributed by atoms with van der Waals surface area (Å²) in [6.07, 6.45) is 5.16. The van der Waals surface area contributed by atoms with Crippen molar-refractivity contribution in [3.8, 4) is 5.75 Å². The molecule has 0 spiro atoms. The second-order valence-electron chi connectivity index (χ2n) is 6.84. The minimum absolute atomic E-state index is 0.280. The Bertz CT molecular complexity index is 463. The lowest BCUT2D eigenvalue weighted by atomic mass is 9.87. The number of phenolic OH excluding ortho intramolecular Hbond substituents is 1. The summed E-state index contributed by atoms with van der Waals surface area (Å²) in [5.41, 5.74) is 1.59. The van der Waals surface area contributed by atoms with Crippen molar-refractivity contribution < 1.29 is 5.11 Å². The van der Waals surface area contributed by atoms with Gasteiger partial charge < -0.3 is 10.4 Å². The van der Waals surface area contributed by atoms with E-state index in [1.807, 2.05) is 0 Å². The molecule has 1 atom stereocenters. The van der Waals surface area contributed by atoms with Crippen molar-refractivity contribution in [3.05, 3.63) is 29.8 Å². The zero-order chi connectivity index (χ0) is 14.9. The Balaban J connectivity index is 1.75. The third kappa shape index (κ3) is 3.24. The van der Waals surface area contributed by atoms with Gasteiger partial charge in [0.2, 0.25) is 0 Å². The summed E-state index contributed by atoms with van der Waals surface area (Å²) in [6, 6.07) is 8.40. The largest absolute Gasteiger partial charge is 0.508 e. The summed E-state index contributed by atoms with van der Waals surface area (Å²) in [5, 5.41) is 13.3. The van der Waals surface area contributed by atoms with E-state index in [1.54, 1.807) is 12.1 Å². The minimum Gasteiger partial charge on any atom is -0.508 e. The second-order valence-corrected chi connectivity index (χ2v) is 6.84. The van der Waals surface area contributed by atoms with Gasteiger partial charge in [-0.15, -0.1) is 0 Å². The summed E-state index contributed by atoms with van der Waals surface area (Å²) < 4.78 is 0. The number of nitrogens with one attached hydrogen (secondary N) is 1. The maximum absolute atomic E-state index is 9.45. The van der Waals surface area contributed by atoms with Gasteiger partial charge in [-0.25, -0.2) is 0 Å². The van der Waals surface area contributed by atoms with E-state index in [2.05, 4.69) is 36.2 Å². The molecule has 2 aliphatic rings. The molecule has 1 saturated heterocycles. The quantitative estimate of drug-likeness (QED) is 0.874.